The summed E-state index contributed by atoms with van der Waals surface area (Å²) in [7, 11) is 3.91. The summed E-state index contributed by atoms with van der Waals surface area (Å²) in [4.78, 5) is 20.0. The maximum absolute atomic E-state index is 14.5. The van der Waals surface area contributed by atoms with E-state index in [1.54, 1.807) is 12.4 Å². The van der Waals surface area contributed by atoms with E-state index in [0.717, 1.165) is 56.7 Å². The van der Waals surface area contributed by atoms with E-state index in [1.807, 2.05) is 42.9 Å². The summed E-state index contributed by atoms with van der Waals surface area (Å²) in [6.07, 6.45) is 1.01. The maximum atomic E-state index is 14.5. The molecule has 4 aliphatic rings. The first kappa shape index (κ1) is 30.4. The van der Waals surface area contributed by atoms with Crippen LogP contribution in [-0.2, 0) is 31.7 Å². The number of likely N-dealkylation sites (N-methyl/N-ethyl adjacent to an activating group) is 1. The number of alkyl halides is 3. The smallest absolute Gasteiger partial charge is 0.320 e. The number of fused-ring (bicyclic) bond motifs is 1. The lowest BCUT2D eigenvalue weighted by molar-refractivity contribution is -0.138. The molecule has 45 heavy (non-hydrogen) atoms. The average molecular weight is 622 g/mol. The summed E-state index contributed by atoms with van der Waals surface area (Å²) < 4.78 is 45.5. The lowest BCUT2D eigenvalue weighted by Gasteiger charge is -2.46. The minimum atomic E-state index is -4.57. The molecule has 1 saturated carbocycles. The fourth-order valence-corrected chi connectivity index (χ4v) is 8.45. The van der Waals surface area contributed by atoms with E-state index >= 15 is 0 Å². The first-order valence-corrected chi connectivity index (χ1v) is 16.1. The molecule has 0 bridgehead atoms. The molecule has 2 aromatic carbocycles. The quantitative estimate of drug-likeness (QED) is 0.402. The Labute approximate surface area is 262 Å². The molecule has 8 nitrogen and oxygen atoms in total. The van der Waals surface area contributed by atoms with Crippen molar-refractivity contribution in [3.63, 3.8) is 0 Å². The standard InChI is InChI=1S/C34H42F3N7O/c1-21-14-33(15-21,32-40-39-20-42(32)4)24-6-5-7-25(13-24)44-19-29-28(31(44)45)11-23(12-30(29)34(35,36)37)17-41(3)26-8-9-43(18-26)27-10-22(2)38-16-27/h5-7,11-13,20-22,26-27,38H,8-10,14-19H2,1-4H3/t21?,22-,26+,27+,33?/m1/s1. The van der Waals surface area contributed by atoms with Crippen molar-refractivity contribution in [1.82, 2.24) is 29.9 Å². The lowest BCUT2D eigenvalue weighted by Crippen LogP contribution is -2.43. The summed E-state index contributed by atoms with van der Waals surface area (Å²) in [6.45, 7) is 7.54. The highest BCUT2D eigenvalue weighted by Crippen LogP contribution is 2.52. The fraction of sp³-hybridized carbons (Fsp3) is 0.559. The van der Waals surface area contributed by atoms with Gasteiger partial charge >= 0.3 is 6.18 Å². The number of hydrogen-bond donors (Lipinski definition) is 1. The zero-order valence-electron chi connectivity index (χ0n) is 26.4. The van der Waals surface area contributed by atoms with Crippen LogP contribution in [-0.4, -0.2) is 75.3 Å². The molecule has 240 valence electrons. The van der Waals surface area contributed by atoms with E-state index in [1.165, 1.54) is 11.0 Å². The van der Waals surface area contributed by atoms with E-state index in [0.29, 0.717) is 35.8 Å². The van der Waals surface area contributed by atoms with Gasteiger partial charge in [0.05, 0.1) is 17.5 Å². The summed E-state index contributed by atoms with van der Waals surface area (Å²) in [5.74, 6) is 0.980. The van der Waals surface area contributed by atoms with Crippen molar-refractivity contribution >= 4 is 11.6 Å². The van der Waals surface area contributed by atoms with Gasteiger partial charge in [0.2, 0.25) is 0 Å². The summed E-state index contributed by atoms with van der Waals surface area (Å²) >= 11 is 0. The van der Waals surface area contributed by atoms with Gasteiger partial charge in [0.15, 0.2) is 0 Å². The number of amides is 1. The van der Waals surface area contributed by atoms with Crippen LogP contribution in [0.15, 0.2) is 42.7 Å². The molecule has 3 aromatic rings. The normalized spacial score (nSPS) is 28.7. The van der Waals surface area contributed by atoms with Gasteiger partial charge in [-0.1, -0.05) is 19.1 Å². The highest BCUT2D eigenvalue weighted by atomic mass is 19.4. The molecule has 0 spiro atoms. The third kappa shape index (κ3) is 5.36. The molecule has 1 aliphatic carbocycles. The Morgan fingerprint density at radius 2 is 1.96 bits per heavy atom. The van der Waals surface area contributed by atoms with Gasteiger partial charge in [-0.15, -0.1) is 10.2 Å². The first-order valence-electron chi connectivity index (χ1n) is 16.1. The number of aryl methyl sites for hydroxylation is 1. The Balaban J connectivity index is 1.14. The van der Waals surface area contributed by atoms with Gasteiger partial charge in [-0.2, -0.15) is 13.2 Å². The van der Waals surface area contributed by atoms with Crippen molar-refractivity contribution in [2.24, 2.45) is 13.0 Å². The molecule has 1 amide bonds. The molecule has 3 atom stereocenters. The number of rotatable bonds is 7. The number of nitrogens with zero attached hydrogens (tertiary/aromatic N) is 6. The van der Waals surface area contributed by atoms with E-state index in [-0.39, 0.29) is 35.0 Å². The monoisotopic (exact) mass is 621 g/mol. The molecule has 11 heteroatoms. The van der Waals surface area contributed by atoms with Crippen LogP contribution in [0.2, 0.25) is 0 Å². The second kappa shape index (κ2) is 11.2. The van der Waals surface area contributed by atoms with Crippen LogP contribution in [0.25, 0.3) is 0 Å². The average Bonchev–Trinajstić information content (AvgIpc) is 3.78. The van der Waals surface area contributed by atoms with E-state index in [4.69, 9.17) is 0 Å². The zero-order chi connectivity index (χ0) is 31.7. The number of anilines is 1. The minimum Gasteiger partial charge on any atom is -0.320 e. The van der Waals surface area contributed by atoms with Gasteiger partial charge in [-0.3, -0.25) is 14.6 Å². The van der Waals surface area contributed by atoms with E-state index in [2.05, 4.69) is 39.2 Å². The van der Waals surface area contributed by atoms with Crippen LogP contribution in [0.4, 0.5) is 18.9 Å². The molecule has 1 aromatic heterocycles. The second-order valence-corrected chi connectivity index (χ2v) is 14.0. The van der Waals surface area contributed by atoms with Gasteiger partial charge in [0.1, 0.15) is 12.2 Å². The molecule has 1 N–H and O–H groups in total. The van der Waals surface area contributed by atoms with Crippen molar-refractivity contribution in [2.45, 2.75) is 82.3 Å². The number of likely N-dealkylation sites (tertiary alicyclic amines) is 1. The molecule has 0 unspecified atom stereocenters. The molecule has 4 heterocycles. The second-order valence-electron chi connectivity index (χ2n) is 14.0. The van der Waals surface area contributed by atoms with Crippen LogP contribution in [0.1, 0.15) is 78.0 Å². The first-order chi connectivity index (χ1) is 21.4. The van der Waals surface area contributed by atoms with Crippen LogP contribution < -0.4 is 10.2 Å². The van der Waals surface area contributed by atoms with Gasteiger partial charge in [0, 0.05) is 62.6 Å². The number of carbonyl (C=O) groups excluding carboxylic acids is 1. The van der Waals surface area contributed by atoms with Crippen molar-refractivity contribution in [1.29, 1.82) is 0 Å². The third-order valence-corrected chi connectivity index (χ3v) is 10.7. The van der Waals surface area contributed by atoms with Gasteiger partial charge in [-0.25, -0.2) is 0 Å². The number of hydrogen-bond acceptors (Lipinski definition) is 6. The zero-order valence-corrected chi connectivity index (χ0v) is 26.4. The molecule has 3 fully saturated rings. The SMILES string of the molecule is CC1CC(c2cccc(N3Cc4c(cc(CN(C)[C@H]5CCN([C@@H]6CN[C@H](C)C6)C5)cc4C(F)(F)F)C3=O)c2)(c2nncn2C)C1. The molecular weight excluding hydrogens is 579 g/mol. The van der Waals surface area contributed by atoms with Crippen LogP contribution in [0.3, 0.4) is 0 Å². The molecule has 7 rings (SSSR count). The Bertz CT molecular complexity index is 1600. The fourth-order valence-electron chi connectivity index (χ4n) is 8.45. The van der Waals surface area contributed by atoms with Crippen molar-refractivity contribution in [3.8, 4) is 0 Å². The molecule has 0 radical (unpaired) electrons. The topological polar surface area (TPSA) is 69.5 Å². The Hall–Kier alpha value is -3.28. The van der Waals surface area contributed by atoms with E-state index in [9.17, 15) is 18.0 Å². The number of aromatic nitrogens is 3. The predicted molar refractivity (Wildman–Crippen MR) is 166 cm³/mol. The predicted octanol–water partition coefficient (Wildman–Crippen LogP) is 4.97. The minimum absolute atomic E-state index is 0.0551. The summed E-state index contributed by atoms with van der Waals surface area (Å²) in [6, 6.07) is 11.9. The van der Waals surface area contributed by atoms with Crippen molar-refractivity contribution < 1.29 is 18.0 Å². The highest BCUT2D eigenvalue weighted by Gasteiger charge is 2.48. The molecule has 2 saturated heterocycles. The van der Waals surface area contributed by atoms with Crippen LogP contribution in [0.5, 0.6) is 0 Å². The van der Waals surface area contributed by atoms with Crippen LogP contribution in [0, 0.1) is 5.92 Å². The van der Waals surface area contributed by atoms with E-state index < -0.39 is 11.7 Å². The Morgan fingerprint density at radius 1 is 1.16 bits per heavy atom. The Kier molecular flexibility index (Phi) is 7.56. The van der Waals surface area contributed by atoms with Gasteiger partial charge in [-0.05, 0) is 86.5 Å². The number of benzene rings is 2. The number of halogens is 3. The number of carbonyl (C=O) groups is 1. The van der Waals surface area contributed by atoms with Crippen molar-refractivity contribution in [2.75, 3.05) is 31.6 Å². The summed E-state index contributed by atoms with van der Waals surface area (Å²) in [5.41, 5.74) is 1.28. The largest absolute Gasteiger partial charge is 0.416 e. The van der Waals surface area contributed by atoms with Crippen LogP contribution >= 0.6 is 0 Å². The third-order valence-electron chi connectivity index (χ3n) is 10.7. The van der Waals surface area contributed by atoms with Crippen molar-refractivity contribution in [3.05, 3.63) is 76.4 Å². The molecule has 3 aliphatic heterocycles. The van der Waals surface area contributed by atoms with Gasteiger partial charge < -0.3 is 14.8 Å². The highest BCUT2D eigenvalue weighted by molar-refractivity contribution is 6.10. The Morgan fingerprint density at radius 3 is 2.62 bits per heavy atom. The maximum Gasteiger partial charge on any atom is 0.416 e. The van der Waals surface area contributed by atoms with Gasteiger partial charge in [0.25, 0.3) is 5.91 Å². The molecular formula is C34H42F3N7O. The number of nitrogens with one attached hydrogen (secondary N) is 1. The lowest BCUT2D eigenvalue weighted by atomic mass is 9.58. The summed E-state index contributed by atoms with van der Waals surface area (Å²) in [5, 5.41) is 12.0.